The molecule has 3 atom stereocenters. The lowest BCUT2D eigenvalue weighted by atomic mass is 9.94. The molecule has 0 bridgehead atoms. The molecule has 0 saturated carbocycles. The third-order valence-electron chi connectivity index (χ3n) is 5.01. The lowest BCUT2D eigenvalue weighted by Gasteiger charge is -2.25. The van der Waals surface area contributed by atoms with Crippen molar-refractivity contribution >= 4 is 0 Å². The number of rotatable bonds is 2. The van der Waals surface area contributed by atoms with E-state index >= 15 is 0 Å². The second-order valence-electron chi connectivity index (χ2n) is 6.66. The van der Waals surface area contributed by atoms with Crippen LogP contribution in [0.5, 0.6) is 0 Å². The average molecular weight is 293 g/mol. The summed E-state index contributed by atoms with van der Waals surface area (Å²) < 4.78 is 6.43. The summed E-state index contributed by atoms with van der Waals surface area (Å²) in [5.74, 6) is 0. The van der Waals surface area contributed by atoms with E-state index in [4.69, 9.17) is 4.74 Å². The van der Waals surface area contributed by atoms with Crippen molar-refractivity contribution in [2.45, 2.75) is 45.1 Å². The van der Waals surface area contributed by atoms with Gasteiger partial charge < -0.3 is 4.74 Å². The monoisotopic (exact) mass is 293 g/mol. The van der Waals surface area contributed by atoms with E-state index in [1.807, 2.05) is 0 Å². The molecule has 22 heavy (non-hydrogen) atoms. The highest BCUT2D eigenvalue weighted by atomic mass is 16.5. The second kappa shape index (κ2) is 5.53. The van der Waals surface area contributed by atoms with E-state index in [2.05, 4.69) is 67.3 Å². The molecule has 2 nitrogen and oxygen atoms in total. The van der Waals surface area contributed by atoms with Crippen molar-refractivity contribution in [3.8, 4) is 0 Å². The molecular formula is C20H23NO. The minimum absolute atomic E-state index is 0.147. The van der Waals surface area contributed by atoms with Gasteiger partial charge in [-0.15, -0.1) is 0 Å². The molecule has 2 aromatic rings. The van der Waals surface area contributed by atoms with E-state index in [-0.39, 0.29) is 12.3 Å². The van der Waals surface area contributed by atoms with Gasteiger partial charge in [-0.05, 0) is 37.8 Å². The van der Waals surface area contributed by atoms with Crippen LogP contribution in [0.15, 0.2) is 48.5 Å². The van der Waals surface area contributed by atoms with E-state index in [1.165, 1.54) is 28.7 Å². The Labute approximate surface area is 132 Å². The molecule has 2 saturated heterocycles. The number of ether oxygens (including phenoxy) is 1. The molecule has 114 valence electrons. The summed E-state index contributed by atoms with van der Waals surface area (Å²) in [5, 5.41) is 0. The summed E-state index contributed by atoms with van der Waals surface area (Å²) in [6, 6.07) is 18.1. The minimum atomic E-state index is 0.147. The van der Waals surface area contributed by atoms with E-state index < -0.39 is 0 Å². The summed E-state index contributed by atoms with van der Waals surface area (Å²) in [7, 11) is 0. The zero-order valence-corrected chi connectivity index (χ0v) is 13.3. The van der Waals surface area contributed by atoms with Gasteiger partial charge in [0.1, 0.15) is 12.3 Å². The first-order valence-electron chi connectivity index (χ1n) is 8.27. The van der Waals surface area contributed by atoms with Crippen LogP contribution < -0.4 is 0 Å². The smallest absolute Gasteiger partial charge is 0.112 e. The number of nitrogens with zero attached hydrogens (tertiary/aromatic N) is 1. The van der Waals surface area contributed by atoms with Crippen molar-refractivity contribution in [1.29, 1.82) is 0 Å². The molecule has 2 aliphatic rings. The Morgan fingerprint density at radius 2 is 1.45 bits per heavy atom. The molecule has 0 aliphatic carbocycles. The predicted molar refractivity (Wildman–Crippen MR) is 88.7 cm³/mol. The van der Waals surface area contributed by atoms with Crippen molar-refractivity contribution in [3.05, 3.63) is 70.8 Å². The number of hydrogen-bond acceptors (Lipinski definition) is 2. The van der Waals surface area contributed by atoms with Gasteiger partial charge in [0.05, 0.1) is 6.04 Å². The molecule has 0 N–H and O–H groups in total. The highest BCUT2D eigenvalue weighted by Gasteiger charge is 2.45. The van der Waals surface area contributed by atoms with Crippen LogP contribution in [-0.2, 0) is 4.74 Å². The maximum atomic E-state index is 6.43. The first-order chi connectivity index (χ1) is 10.7. The van der Waals surface area contributed by atoms with E-state index in [1.54, 1.807) is 0 Å². The minimum Gasteiger partial charge on any atom is -0.353 e. The van der Waals surface area contributed by atoms with Crippen LogP contribution in [0.2, 0.25) is 0 Å². The zero-order valence-electron chi connectivity index (χ0n) is 13.3. The molecule has 0 radical (unpaired) electrons. The van der Waals surface area contributed by atoms with Crippen LogP contribution in [0.3, 0.4) is 0 Å². The van der Waals surface area contributed by atoms with Crippen LogP contribution in [0.25, 0.3) is 0 Å². The molecule has 0 aromatic heterocycles. The first kappa shape index (κ1) is 14.0. The van der Waals surface area contributed by atoms with E-state index in [0.717, 1.165) is 13.0 Å². The predicted octanol–water partition coefficient (Wildman–Crippen LogP) is 4.54. The van der Waals surface area contributed by atoms with Gasteiger partial charge in [0, 0.05) is 6.54 Å². The second-order valence-corrected chi connectivity index (χ2v) is 6.66. The van der Waals surface area contributed by atoms with Crippen LogP contribution in [-0.4, -0.2) is 17.7 Å². The normalized spacial score (nSPS) is 28.0. The van der Waals surface area contributed by atoms with Gasteiger partial charge in [0.15, 0.2) is 0 Å². The van der Waals surface area contributed by atoms with Crippen LogP contribution >= 0.6 is 0 Å². The van der Waals surface area contributed by atoms with Crippen LogP contribution in [0, 0.1) is 13.8 Å². The van der Waals surface area contributed by atoms with Gasteiger partial charge in [-0.25, -0.2) is 0 Å². The quantitative estimate of drug-likeness (QED) is 0.806. The van der Waals surface area contributed by atoms with Crippen LogP contribution in [0.1, 0.15) is 47.2 Å². The van der Waals surface area contributed by atoms with Gasteiger partial charge in [-0.3, -0.25) is 4.90 Å². The van der Waals surface area contributed by atoms with Gasteiger partial charge in [0.25, 0.3) is 0 Å². The zero-order chi connectivity index (χ0) is 15.1. The fourth-order valence-corrected chi connectivity index (χ4v) is 3.79. The SMILES string of the molecule is Cc1ccc([C@H]2O[C@H]3CCCN3[C@@H]2c2ccc(C)cc2)cc1. The third-order valence-corrected chi connectivity index (χ3v) is 5.01. The molecule has 0 spiro atoms. The summed E-state index contributed by atoms with van der Waals surface area (Å²) in [6.07, 6.45) is 2.84. The van der Waals surface area contributed by atoms with Crippen molar-refractivity contribution in [1.82, 2.24) is 4.90 Å². The molecule has 2 aliphatic heterocycles. The Morgan fingerprint density at radius 3 is 2.09 bits per heavy atom. The van der Waals surface area contributed by atoms with Crippen molar-refractivity contribution in [2.24, 2.45) is 0 Å². The average Bonchev–Trinajstić information content (AvgIpc) is 3.10. The molecular weight excluding hydrogens is 270 g/mol. The van der Waals surface area contributed by atoms with Crippen molar-refractivity contribution in [3.63, 3.8) is 0 Å². The van der Waals surface area contributed by atoms with Crippen molar-refractivity contribution in [2.75, 3.05) is 6.54 Å². The van der Waals surface area contributed by atoms with E-state index in [9.17, 15) is 0 Å². The Bertz CT molecular complexity index is 646. The highest BCUT2D eigenvalue weighted by Crippen LogP contribution is 2.48. The fourth-order valence-electron chi connectivity index (χ4n) is 3.79. The Kier molecular flexibility index (Phi) is 3.51. The first-order valence-corrected chi connectivity index (χ1v) is 8.27. The number of fused-ring (bicyclic) bond motifs is 1. The fraction of sp³-hybridized carbons (Fsp3) is 0.400. The number of aryl methyl sites for hydroxylation is 2. The topological polar surface area (TPSA) is 12.5 Å². The summed E-state index contributed by atoms with van der Waals surface area (Å²) in [4.78, 5) is 2.55. The van der Waals surface area contributed by atoms with Crippen LogP contribution in [0.4, 0.5) is 0 Å². The molecule has 2 heterocycles. The molecule has 2 fully saturated rings. The molecule has 0 amide bonds. The molecule has 2 heteroatoms. The summed E-state index contributed by atoms with van der Waals surface area (Å²) >= 11 is 0. The Morgan fingerprint density at radius 1 is 0.864 bits per heavy atom. The number of benzene rings is 2. The lowest BCUT2D eigenvalue weighted by molar-refractivity contribution is 0.0173. The molecule has 0 unspecified atom stereocenters. The van der Waals surface area contributed by atoms with E-state index in [0.29, 0.717) is 6.04 Å². The maximum absolute atomic E-state index is 6.43. The van der Waals surface area contributed by atoms with Gasteiger partial charge in [0.2, 0.25) is 0 Å². The van der Waals surface area contributed by atoms with Gasteiger partial charge >= 0.3 is 0 Å². The standard InChI is InChI=1S/C20H23NO/c1-14-5-9-16(10-6-14)19-20(17-11-7-15(2)8-12-17)22-18-4-3-13-21(18)19/h5-12,18-20H,3-4,13H2,1-2H3/t18-,19+,20+/m0/s1. The maximum Gasteiger partial charge on any atom is 0.112 e. The Hall–Kier alpha value is -1.64. The molecule has 2 aromatic carbocycles. The Balaban J connectivity index is 1.72. The summed E-state index contributed by atoms with van der Waals surface area (Å²) in [5.41, 5.74) is 5.29. The van der Waals surface area contributed by atoms with Gasteiger partial charge in [-0.1, -0.05) is 59.7 Å². The highest BCUT2D eigenvalue weighted by molar-refractivity contribution is 5.31. The van der Waals surface area contributed by atoms with Crippen molar-refractivity contribution < 1.29 is 4.74 Å². The molecule has 4 rings (SSSR count). The number of hydrogen-bond donors (Lipinski definition) is 0. The largest absolute Gasteiger partial charge is 0.353 e. The third kappa shape index (κ3) is 2.37. The lowest BCUT2D eigenvalue weighted by Crippen LogP contribution is -2.26. The summed E-state index contributed by atoms with van der Waals surface area (Å²) in [6.45, 7) is 5.42. The van der Waals surface area contributed by atoms with Gasteiger partial charge in [-0.2, -0.15) is 0 Å².